The third kappa shape index (κ3) is 5.66. The molecule has 0 atom stereocenters. The van der Waals surface area contributed by atoms with E-state index >= 15 is 0 Å². The summed E-state index contributed by atoms with van der Waals surface area (Å²) in [7, 11) is 1.55. The Labute approximate surface area is 84.0 Å². The molecule has 0 N–H and O–H groups in total. The summed E-state index contributed by atoms with van der Waals surface area (Å²) in [5.74, 6) is 0. The fourth-order valence-corrected chi connectivity index (χ4v) is 1.66. The maximum Gasteiger partial charge on any atom is 0.260 e. The molecule has 0 unspecified atom stereocenters. The minimum atomic E-state index is -3.60. The summed E-state index contributed by atoms with van der Waals surface area (Å²) in [4.78, 5) is 0.121. The van der Waals surface area contributed by atoms with E-state index in [4.69, 9.17) is 10.7 Å². The van der Waals surface area contributed by atoms with Crippen LogP contribution in [0.1, 0.15) is 20.3 Å². The van der Waals surface area contributed by atoms with Crippen molar-refractivity contribution in [2.45, 2.75) is 20.3 Å². The largest absolute Gasteiger partial charge is 0.260 e. The molecule has 0 heterocycles. The van der Waals surface area contributed by atoms with Crippen LogP contribution in [0.3, 0.4) is 0 Å². The predicted octanol–water partition coefficient (Wildman–Crippen LogP) is 2.98. The molecule has 74 valence electrons. The van der Waals surface area contributed by atoms with Gasteiger partial charge in [0.25, 0.3) is 9.05 Å². The zero-order valence-electron chi connectivity index (χ0n) is 7.75. The predicted molar refractivity (Wildman–Crippen MR) is 57.1 cm³/mol. The summed E-state index contributed by atoms with van der Waals surface area (Å²) in [5, 5.41) is 0. The van der Waals surface area contributed by atoms with Crippen molar-refractivity contribution in [2.75, 3.05) is 0 Å². The smallest absolute Gasteiger partial charge is 0.207 e. The fourth-order valence-electron chi connectivity index (χ4n) is 0.695. The number of halogens is 1. The Morgan fingerprint density at radius 2 is 2.08 bits per heavy atom. The van der Waals surface area contributed by atoms with Crippen LogP contribution in [0.2, 0.25) is 0 Å². The highest BCUT2D eigenvalue weighted by atomic mass is 35.7. The van der Waals surface area contributed by atoms with Crippen LogP contribution in [0.4, 0.5) is 0 Å². The number of allylic oxidation sites excluding steroid dienone is 4. The van der Waals surface area contributed by atoms with Crippen LogP contribution < -0.4 is 0 Å². The van der Waals surface area contributed by atoms with Crippen LogP contribution in [-0.2, 0) is 9.05 Å². The molecule has 0 saturated heterocycles. The minimum Gasteiger partial charge on any atom is -0.207 e. The molecule has 0 spiro atoms. The van der Waals surface area contributed by atoms with E-state index in [9.17, 15) is 8.42 Å². The summed E-state index contributed by atoms with van der Waals surface area (Å²) in [5.41, 5.74) is 0.971. The zero-order chi connectivity index (χ0) is 10.5. The van der Waals surface area contributed by atoms with Gasteiger partial charge in [-0.1, -0.05) is 24.3 Å². The molecule has 0 radical (unpaired) electrons. The molecule has 13 heavy (non-hydrogen) atoms. The lowest BCUT2D eigenvalue weighted by atomic mass is 10.2. The van der Waals surface area contributed by atoms with Crippen molar-refractivity contribution in [3.05, 3.63) is 35.3 Å². The maximum atomic E-state index is 10.9. The molecule has 0 amide bonds. The molecule has 0 aromatic rings. The van der Waals surface area contributed by atoms with Gasteiger partial charge in [0, 0.05) is 10.7 Å². The van der Waals surface area contributed by atoms with Gasteiger partial charge in [-0.3, -0.25) is 0 Å². The highest BCUT2D eigenvalue weighted by Crippen LogP contribution is 2.13. The average molecular weight is 221 g/mol. The lowest BCUT2D eigenvalue weighted by Crippen LogP contribution is -1.90. The molecule has 4 heteroatoms. The fraction of sp³-hybridized carbons (Fsp3) is 0.333. The summed E-state index contributed by atoms with van der Waals surface area (Å²) >= 11 is 0. The molecule has 0 aliphatic carbocycles. The van der Waals surface area contributed by atoms with Crippen molar-refractivity contribution in [1.82, 2.24) is 0 Å². The monoisotopic (exact) mass is 220 g/mol. The number of hydrogen-bond donors (Lipinski definition) is 0. The second-order valence-electron chi connectivity index (χ2n) is 2.69. The van der Waals surface area contributed by atoms with Gasteiger partial charge in [0.1, 0.15) is 0 Å². The van der Waals surface area contributed by atoms with E-state index in [2.05, 4.69) is 6.58 Å². The molecular formula is C9H13ClO2S. The Bertz CT molecular complexity index is 337. The van der Waals surface area contributed by atoms with Crippen molar-refractivity contribution in [3.63, 3.8) is 0 Å². The van der Waals surface area contributed by atoms with Crippen molar-refractivity contribution in [3.8, 4) is 0 Å². The lowest BCUT2D eigenvalue weighted by Gasteiger charge is -1.94. The Hall–Kier alpha value is -0.540. The first-order valence-electron chi connectivity index (χ1n) is 3.80. The zero-order valence-corrected chi connectivity index (χ0v) is 9.32. The first kappa shape index (κ1) is 12.5. The normalized spacial score (nSPS) is 13.6. The first-order valence-corrected chi connectivity index (χ1v) is 6.10. The van der Waals surface area contributed by atoms with Gasteiger partial charge in [-0.25, -0.2) is 8.42 Å². The van der Waals surface area contributed by atoms with Crippen LogP contribution in [0, 0.1) is 0 Å². The van der Waals surface area contributed by atoms with Crippen LogP contribution >= 0.6 is 10.7 Å². The molecule has 0 aliphatic rings. The van der Waals surface area contributed by atoms with Gasteiger partial charge >= 0.3 is 0 Å². The molecule has 0 saturated carbocycles. The van der Waals surface area contributed by atoms with Gasteiger partial charge in [-0.15, -0.1) is 0 Å². The molecular weight excluding hydrogens is 208 g/mol. The Morgan fingerprint density at radius 3 is 2.38 bits per heavy atom. The summed E-state index contributed by atoms with van der Waals surface area (Å²) in [6.45, 7) is 7.18. The molecule has 0 bridgehead atoms. The molecule has 0 aromatic carbocycles. The van der Waals surface area contributed by atoms with E-state index in [0.717, 1.165) is 5.57 Å². The molecule has 0 aliphatic heterocycles. The van der Waals surface area contributed by atoms with Crippen LogP contribution in [-0.4, -0.2) is 8.42 Å². The second-order valence-corrected chi connectivity index (χ2v) is 5.26. The van der Waals surface area contributed by atoms with Crippen LogP contribution in [0.25, 0.3) is 0 Å². The van der Waals surface area contributed by atoms with Gasteiger partial charge in [0.05, 0.1) is 4.91 Å². The van der Waals surface area contributed by atoms with Crippen LogP contribution in [0.5, 0.6) is 0 Å². The van der Waals surface area contributed by atoms with Gasteiger partial charge in [-0.05, 0) is 26.3 Å². The van der Waals surface area contributed by atoms with Crippen molar-refractivity contribution < 1.29 is 8.42 Å². The highest BCUT2D eigenvalue weighted by Gasteiger charge is 2.08. The summed E-state index contributed by atoms with van der Waals surface area (Å²) < 4.78 is 21.7. The Morgan fingerprint density at radius 1 is 1.54 bits per heavy atom. The van der Waals surface area contributed by atoms with E-state index in [1.807, 2.05) is 6.92 Å². The molecule has 2 nitrogen and oxygen atoms in total. The maximum absolute atomic E-state index is 10.9. The molecule has 0 aromatic heterocycles. The summed E-state index contributed by atoms with van der Waals surface area (Å²) in [6.07, 6.45) is 5.32. The average Bonchev–Trinajstić information content (AvgIpc) is 1.95. The van der Waals surface area contributed by atoms with E-state index in [0.29, 0.717) is 6.42 Å². The van der Waals surface area contributed by atoms with E-state index in [1.54, 1.807) is 13.0 Å². The number of rotatable bonds is 4. The van der Waals surface area contributed by atoms with Crippen molar-refractivity contribution >= 4 is 19.7 Å². The van der Waals surface area contributed by atoms with Gasteiger partial charge in [0.15, 0.2) is 0 Å². The minimum absolute atomic E-state index is 0.121. The molecule has 0 rings (SSSR count). The second kappa shape index (κ2) is 5.25. The lowest BCUT2D eigenvalue weighted by molar-refractivity contribution is 0.615. The van der Waals surface area contributed by atoms with Gasteiger partial charge in [0.2, 0.25) is 0 Å². The summed E-state index contributed by atoms with van der Waals surface area (Å²) in [6, 6.07) is 0. The molecule has 0 fully saturated rings. The Balaban J connectivity index is 4.51. The van der Waals surface area contributed by atoms with E-state index in [-0.39, 0.29) is 4.91 Å². The van der Waals surface area contributed by atoms with E-state index < -0.39 is 9.05 Å². The van der Waals surface area contributed by atoms with Crippen molar-refractivity contribution in [2.24, 2.45) is 0 Å². The number of hydrogen-bond acceptors (Lipinski definition) is 2. The first-order chi connectivity index (χ1) is 5.88. The van der Waals surface area contributed by atoms with Crippen molar-refractivity contribution in [1.29, 1.82) is 0 Å². The van der Waals surface area contributed by atoms with Gasteiger partial charge < -0.3 is 0 Å². The van der Waals surface area contributed by atoms with Crippen LogP contribution in [0.15, 0.2) is 35.3 Å². The SMILES string of the molecule is C=C(C)C/C=C\C(=C/C)S(=O)(=O)Cl. The quantitative estimate of drug-likeness (QED) is 0.415. The Kier molecular flexibility index (Phi) is 5.03. The topological polar surface area (TPSA) is 34.1 Å². The third-order valence-electron chi connectivity index (χ3n) is 1.31. The standard InChI is InChI=1S/C9H13ClO2S/c1-4-9(13(10,11)12)7-5-6-8(2)3/h4-5,7H,2,6H2,1,3H3/b7-5-,9-4+. The van der Waals surface area contributed by atoms with Gasteiger partial charge in [-0.2, -0.15) is 0 Å². The van der Waals surface area contributed by atoms with E-state index in [1.165, 1.54) is 12.2 Å². The highest BCUT2D eigenvalue weighted by molar-refractivity contribution is 8.17. The third-order valence-corrected chi connectivity index (χ3v) is 2.78.